The maximum Gasteiger partial charge on any atom is 0.283 e. The summed E-state index contributed by atoms with van der Waals surface area (Å²) in [6.07, 6.45) is 29.2. The van der Waals surface area contributed by atoms with Crippen LogP contribution >= 0.6 is 23.5 Å². The predicted octanol–water partition coefficient (Wildman–Crippen LogP) is 10.2. The molecule has 0 aromatic carbocycles. The van der Waals surface area contributed by atoms with Gasteiger partial charge in [-0.25, -0.2) is 0 Å². The van der Waals surface area contributed by atoms with E-state index in [2.05, 4.69) is 24.5 Å². The lowest BCUT2D eigenvalue weighted by Crippen LogP contribution is -2.16. The molecule has 2 amide bonds. The third-order valence-corrected chi connectivity index (χ3v) is 7.69. The van der Waals surface area contributed by atoms with Crippen LogP contribution in [-0.2, 0) is 0 Å². The zero-order chi connectivity index (χ0) is 25.0. The van der Waals surface area contributed by atoms with Gasteiger partial charge in [0.25, 0.3) is 10.5 Å². The normalized spacial score (nSPS) is 11.2. The SMILES string of the molecule is CCCCCCCCCCCCSC(=O)NC=CNC(=O)SCCCCCCCCCCCC. The average molecular weight is 515 g/mol. The molecule has 6 heteroatoms. The summed E-state index contributed by atoms with van der Waals surface area (Å²) < 4.78 is 0. The number of amides is 2. The Bertz CT molecular complexity index is 445. The highest BCUT2D eigenvalue weighted by Gasteiger charge is 2.01. The van der Waals surface area contributed by atoms with Gasteiger partial charge in [0.05, 0.1) is 0 Å². The van der Waals surface area contributed by atoms with Gasteiger partial charge in [-0.15, -0.1) is 0 Å². The fraction of sp³-hybridized carbons (Fsp3) is 0.857. The number of carbonyl (C=O) groups excluding carboxylic acids is 2. The van der Waals surface area contributed by atoms with E-state index in [0.717, 1.165) is 24.3 Å². The van der Waals surface area contributed by atoms with Gasteiger partial charge >= 0.3 is 0 Å². The number of carbonyl (C=O) groups is 2. The monoisotopic (exact) mass is 514 g/mol. The molecule has 0 atom stereocenters. The Morgan fingerprint density at radius 3 is 1.03 bits per heavy atom. The van der Waals surface area contributed by atoms with Crippen LogP contribution in [0.5, 0.6) is 0 Å². The molecule has 0 aromatic heterocycles. The summed E-state index contributed by atoms with van der Waals surface area (Å²) in [4.78, 5) is 23.6. The molecule has 0 aliphatic heterocycles. The van der Waals surface area contributed by atoms with E-state index in [1.165, 1.54) is 151 Å². The van der Waals surface area contributed by atoms with Crippen LogP contribution in [0, 0.1) is 0 Å². The Balaban J connectivity index is 3.37. The van der Waals surface area contributed by atoms with E-state index in [-0.39, 0.29) is 10.5 Å². The maximum atomic E-state index is 11.8. The lowest BCUT2D eigenvalue weighted by atomic mass is 10.1. The summed E-state index contributed by atoms with van der Waals surface area (Å²) in [7, 11) is 0. The molecule has 0 heterocycles. The zero-order valence-corrected chi connectivity index (χ0v) is 24.0. The zero-order valence-electron chi connectivity index (χ0n) is 22.3. The number of hydrogen-bond acceptors (Lipinski definition) is 4. The van der Waals surface area contributed by atoms with Gasteiger partial charge in [-0.2, -0.15) is 0 Å². The molecular weight excluding hydrogens is 460 g/mol. The molecule has 34 heavy (non-hydrogen) atoms. The van der Waals surface area contributed by atoms with E-state index < -0.39 is 0 Å². The van der Waals surface area contributed by atoms with Gasteiger partial charge in [0.15, 0.2) is 0 Å². The third kappa shape index (κ3) is 27.6. The van der Waals surface area contributed by atoms with Gasteiger partial charge in [0.2, 0.25) is 0 Å². The minimum Gasteiger partial charge on any atom is -0.322 e. The van der Waals surface area contributed by atoms with Crippen molar-refractivity contribution in [1.29, 1.82) is 0 Å². The summed E-state index contributed by atoms with van der Waals surface area (Å²) in [5.41, 5.74) is 0. The summed E-state index contributed by atoms with van der Waals surface area (Å²) in [5, 5.41) is 5.30. The third-order valence-electron chi connectivity index (χ3n) is 5.95. The Labute approximate surface area is 220 Å². The van der Waals surface area contributed by atoms with E-state index in [4.69, 9.17) is 0 Å². The molecule has 0 radical (unpaired) electrons. The molecule has 0 fully saturated rings. The molecule has 0 saturated carbocycles. The molecule has 0 aliphatic carbocycles. The summed E-state index contributed by atoms with van der Waals surface area (Å²) in [6, 6.07) is 0. The van der Waals surface area contributed by atoms with E-state index in [1.807, 2.05) is 0 Å². The maximum absolute atomic E-state index is 11.8. The van der Waals surface area contributed by atoms with E-state index in [1.54, 1.807) is 0 Å². The van der Waals surface area contributed by atoms with Gasteiger partial charge in [-0.1, -0.05) is 153 Å². The minimum atomic E-state index is -0.0561. The van der Waals surface area contributed by atoms with Crippen molar-refractivity contribution in [2.45, 2.75) is 142 Å². The molecule has 200 valence electrons. The average Bonchev–Trinajstić information content (AvgIpc) is 2.83. The van der Waals surface area contributed by atoms with Gasteiger partial charge in [0, 0.05) is 23.9 Å². The van der Waals surface area contributed by atoms with Crippen LogP contribution in [-0.4, -0.2) is 22.0 Å². The fourth-order valence-corrected chi connectivity index (χ4v) is 5.18. The quantitative estimate of drug-likeness (QED) is 0.126. The fourth-order valence-electron chi connectivity index (χ4n) is 3.81. The van der Waals surface area contributed by atoms with E-state index in [0.29, 0.717) is 0 Å². The Morgan fingerprint density at radius 2 is 0.735 bits per heavy atom. The highest BCUT2D eigenvalue weighted by atomic mass is 32.2. The van der Waals surface area contributed by atoms with Gasteiger partial charge in [0.1, 0.15) is 0 Å². The number of unbranched alkanes of at least 4 members (excludes halogenated alkanes) is 18. The second-order valence-corrected chi connectivity index (χ2v) is 11.4. The second kappa shape index (κ2) is 28.6. The Hall–Kier alpha value is -0.620. The van der Waals surface area contributed by atoms with Gasteiger partial charge in [-0.3, -0.25) is 9.59 Å². The van der Waals surface area contributed by atoms with Crippen molar-refractivity contribution in [3.8, 4) is 0 Å². The molecule has 0 rings (SSSR count). The van der Waals surface area contributed by atoms with E-state index >= 15 is 0 Å². The summed E-state index contributed by atoms with van der Waals surface area (Å²) in [5.74, 6) is 1.72. The molecule has 0 bridgehead atoms. The molecule has 0 aliphatic rings. The molecular formula is C28H54N2O2S2. The van der Waals surface area contributed by atoms with Crippen molar-refractivity contribution >= 4 is 34.0 Å². The Kier molecular flexibility index (Phi) is 28.1. The van der Waals surface area contributed by atoms with Crippen LogP contribution in [0.4, 0.5) is 9.59 Å². The minimum absolute atomic E-state index is 0.0561. The first-order chi connectivity index (χ1) is 16.7. The predicted molar refractivity (Wildman–Crippen MR) is 155 cm³/mol. The topological polar surface area (TPSA) is 58.2 Å². The van der Waals surface area contributed by atoms with Crippen molar-refractivity contribution in [3.05, 3.63) is 12.4 Å². The first-order valence-corrected chi connectivity index (χ1v) is 16.2. The van der Waals surface area contributed by atoms with E-state index in [9.17, 15) is 9.59 Å². The lowest BCUT2D eigenvalue weighted by molar-refractivity contribution is 0.261. The van der Waals surface area contributed by atoms with Crippen LogP contribution < -0.4 is 10.6 Å². The number of nitrogens with one attached hydrogen (secondary N) is 2. The van der Waals surface area contributed by atoms with Crippen LogP contribution in [0.2, 0.25) is 0 Å². The van der Waals surface area contributed by atoms with Crippen molar-refractivity contribution in [1.82, 2.24) is 10.6 Å². The lowest BCUT2D eigenvalue weighted by Gasteiger charge is -2.03. The highest BCUT2D eigenvalue weighted by molar-refractivity contribution is 8.13. The summed E-state index contributed by atoms with van der Waals surface area (Å²) in [6.45, 7) is 4.51. The van der Waals surface area contributed by atoms with Crippen molar-refractivity contribution in [3.63, 3.8) is 0 Å². The standard InChI is InChI=1S/C28H54N2O2S2/c1-3-5-7-9-11-13-15-17-19-21-25-33-27(31)29-23-24-30-28(32)34-26-22-20-18-16-14-12-10-8-6-4-2/h23-24H,3-22,25-26H2,1-2H3,(H,29,31)(H,30,32). The molecule has 0 unspecified atom stereocenters. The number of thioether (sulfide) groups is 2. The second-order valence-electron chi connectivity index (χ2n) is 9.26. The molecule has 0 aromatic rings. The molecule has 0 spiro atoms. The molecule has 2 N–H and O–H groups in total. The van der Waals surface area contributed by atoms with Gasteiger partial charge < -0.3 is 10.6 Å². The Morgan fingerprint density at radius 1 is 0.471 bits per heavy atom. The molecule has 4 nitrogen and oxygen atoms in total. The van der Waals surface area contributed by atoms with Crippen molar-refractivity contribution < 1.29 is 9.59 Å². The van der Waals surface area contributed by atoms with Crippen LogP contribution in [0.25, 0.3) is 0 Å². The first-order valence-electron chi connectivity index (χ1n) is 14.2. The number of hydrogen-bond donors (Lipinski definition) is 2. The largest absolute Gasteiger partial charge is 0.322 e. The number of rotatable bonds is 24. The van der Waals surface area contributed by atoms with Crippen LogP contribution in [0.1, 0.15) is 142 Å². The summed E-state index contributed by atoms with van der Waals surface area (Å²) >= 11 is 2.65. The van der Waals surface area contributed by atoms with Crippen LogP contribution in [0.15, 0.2) is 12.4 Å². The van der Waals surface area contributed by atoms with Gasteiger partial charge in [-0.05, 0) is 12.8 Å². The molecule has 0 saturated heterocycles. The smallest absolute Gasteiger partial charge is 0.283 e. The highest BCUT2D eigenvalue weighted by Crippen LogP contribution is 2.14. The van der Waals surface area contributed by atoms with Crippen molar-refractivity contribution in [2.75, 3.05) is 11.5 Å². The van der Waals surface area contributed by atoms with Crippen molar-refractivity contribution in [2.24, 2.45) is 0 Å². The van der Waals surface area contributed by atoms with Crippen LogP contribution in [0.3, 0.4) is 0 Å². The first kappa shape index (κ1) is 33.4.